The van der Waals surface area contributed by atoms with Crippen LogP contribution in [0.15, 0.2) is 40.2 Å². The molecular weight excluding hydrogens is 338 g/mol. The van der Waals surface area contributed by atoms with Crippen LogP contribution < -0.4 is 16.6 Å². The summed E-state index contributed by atoms with van der Waals surface area (Å²) >= 11 is 0. The van der Waals surface area contributed by atoms with E-state index in [1.165, 1.54) is 36.5 Å². The Balaban J connectivity index is 1.87. The first kappa shape index (κ1) is 17.3. The topological polar surface area (TPSA) is 108 Å². The van der Waals surface area contributed by atoms with Crippen molar-refractivity contribution in [3.8, 4) is 0 Å². The average Bonchev–Trinajstić information content (AvgIpc) is 3.02. The molecule has 9 heteroatoms. The number of benzene rings is 1. The van der Waals surface area contributed by atoms with Gasteiger partial charge in [0.1, 0.15) is 6.54 Å². The maximum absolute atomic E-state index is 12.3. The van der Waals surface area contributed by atoms with E-state index >= 15 is 0 Å². The van der Waals surface area contributed by atoms with E-state index in [9.17, 15) is 19.2 Å². The summed E-state index contributed by atoms with van der Waals surface area (Å²) in [5.41, 5.74) is 0.480. The van der Waals surface area contributed by atoms with Gasteiger partial charge in [0.25, 0.3) is 5.56 Å². The number of Topliss-reactive ketones (excluding diaryl/α,β-unsaturated/α-hetero) is 1. The van der Waals surface area contributed by atoms with Crippen LogP contribution in [-0.2, 0) is 25.4 Å². The van der Waals surface area contributed by atoms with E-state index in [0.29, 0.717) is 11.3 Å². The SMILES string of the molecule is CC(=O)c1ccc(NC(=O)Cn2cnc3c2c(=O)n(C)c(=O)n3C)cc1. The summed E-state index contributed by atoms with van der Waals surface area (Å²) in [7, 11) is 2.89. The Hall–Kier alpha value is -3.49. The molecule has 3 rings (SSSR count). The third kappa shape index (κ3) is 2.94. The Bertz CT molecular complexity index is 1130. The van der Waals surface area contributed by atoms with Crippen molar-refractivity contribution in [2.45, 2.75) is 13.5 Å². The van der Waals surface area contributed by atoms with Crippen LogP contribution in [0.4, 0.5) is 5.69 Å². The van der Waals surface area contributed by atoms with Gasteiger partial charge >= 0.3 is 5.69 Å². The van der Waals surface area contributed by atoms with Crippen LogP contribution in [0.3, 0.4) is 0 Å². The van der Waals surface area contributed by atoms with Crippen molar-refractivity contribution >= 4 is 28.5 Å². The van der Waals surface area contributed by atoms with Gasteiger partial charge in [0, 0.05) is 25.3 Å². The van der Waals surface area contributed by atoms with Gasteiger partial charge in [-0.3, -0.25) is 23.5 Å². The van der Waals surface area contributed by atoms with Crippen LogP contribution in [-0.4, -0.2) is 30.4 Å². The van der Waals surface area contributed by atoms with Crippen molar-refractivity contribution < 1.29 is 9.59 Å². The molecule has 0 radical (unpaired) electrons. The lowest BCUT2D eigenvalue weighted by atomic mass is 10.1. The van der Waals surface area contributed by atoms with Crippen LogP contribution in [0.2, 0.25) is 0 Å². The predicted molar refractivity (Wildman–Crippen MR) is 95.3 cm³/mol. The molecule has 0 spiro atoms. The fourth-order valence-electron chi connectivity index (χ4n) is 2.66. The lowest BCUT2D eigenvalue weighted by Crippen LogP contribution is -2.37. The average molecular weight is 355 g/mol. The van der Waals surface area contributed by atoms with Crippen molar-refractivity contribution in [2.24, 2.45) is 14.1 Å². The van der Waals surface area contributed by atoms with Gasteiger partial charge in [-0.05, 0) is 31.2 Å². The molecule has 1 amide bonds. The zero-order valence-electron chi connectivity index (χ0n) is 14.5. The summed E-state index contributed by atoms with van der Waals surface area (Å²) in [4.78, 5) is 51.9. The molecule has 26 heavy (non-hydrogen) atoms. The fourth-order valence-corrected chi connectivity index (χ4v) is 2.66. The van der Waals surface area contributed by atoms with E-state index in [1.54, 1.807) is 24.3 Å². The highest BCUT2D eigenvalue weighted by Gasteiger charge is 2.16. The second-order valence-electron chi connectivity index (χ2n) is 5.93. The van der Waals surface area contributed by atoms with Gasteiger partial charge in [-0.1, -0.05) is 0 Å². The number of rotatable bonds is 4. The van der Waals surface area contributed by atoms with E-state index in [2.05, 4.69) is 10.3 Å². The number of fused-ring (bicyclic) bond motifs is 1. The van der Waals surface area contributed by atoms with Gasteiger partial charge in [-0.2, -0.15) is 0 Å². The molecule has 0 aliphatic carbocycles. The minimum atomic E-state index is -0.515. The van der Waals surface area contributed by atoms with E-state index < -0.39 is 11.2 Å². The van der Waals surface area contributed by atoms with Crippen molar-refractivity contribution in [3.05, 3.63) is 57.0 Å². The molecule has 0 bridgehead atoms. The highest BCUT2D eigenvalue weighted by Crippen LogP contribution is 2.11. The van der Waals surface area contributed by atoms with Gasteiger partial charge in [0.15, 0.2) is 16.9 Å². The molecule has 0 aliphatic rings. The summed E-state index contributed by atoms with van der Waals surface area (Å²) in [6, 6.07) is 6.50. The summed E-state index contributed by atoms with van der Waals surface area (Å²) in [6.07, 6.45) is 1.35. The Labute approximate surface area is 147 Å². The van der Waals surface area contributed by atoms with Crippen LogP contribution in [0.1, 0.15) is 17.3 Å². The number of amides is 1. The maximum Gasteiger partial charge on any atom is 0.332 e. The normalized spacial score (nSPS) is 10.9. The fraction of sp³-hybridized carbons (Fsp3) is 0.235. The molecule has 0 fully saturated rings. The summed E-state index contributed by atoms with van der Waals surface area (Å²) in [6.45, 7) is 1.32. The number of carbonyl (C=O) groups is 2. The van der Waals surface area contributed by atoms with E-state index in [4.69, 9.17) is 0 Å². The van der Waals surface area contributed by atoms with Crippen LogP contribution in [0, 0.1) is 0 Å². The molecule has 134 valence electrons. The Morgan fingerprint density at radius 2 is 1.73 bits per heavy atom. The zero-order chi connectivity index (χ0) is 19.0. The van der Waals surface area contributed by atoms with E-state index in [1.807, 2.05) is 0 Å². The van der Waals surface area contributed by atoms with Gasteiger partial charge in [0.05, 0.1) is 6.33 Å². The number of imidazole rings is 1. The standard InChI is InChI=1S/C17H17N5O4/c1-10(23)11-4-6-12(7-5-11)19-13(24)8-22-9-18-15-14(22)16(25)21(3)17(26)20(15)2/h4-7,9H,8H2,1-3H3,(H,19,24). The number of aryl methyl sites for hydroxylation is 1. The first-order valence-corrected chi connectivity index (χ1v) is 7.81. The monoisotopic (exact) mass is 355 g/mol. The molecule has 1 N–H and O–H groups in total. The van der Waals surface area contributed by atoms with Crippen molar-refractivity contribution in [2.75, 3.05) is 5.32 Å². The van der Waals surface area contributed by atoms with Gasteiger partial charge in [-0.15, -0.1) is 0 Å². The van der Waals surface area contributed by atoms with E-state index in [0.717, 1.165) is 4.57 Å². The molecule has 0 saturated heterocycles. The Morgan fingerprint density at radius 3 is 2.35 bits per heavy atom. The molecule has 9 nitrogen and oxygen atoms in total. The number of aromatic nitrogens is 4. The molecule has 3 aromatic rings. The summed E-state index contributed by atoms with van der Waals surface area (Å²) in [5, 5.41) is 2.69. The third-order valence-corrected chi connectivity index (χ3v) is 4.11. The van der Waals surface area contributed by atoms with Gasteiger partial charge in [0.2, 0.25) is 5.91 Å². The lowest BCUT2D eigenvalue weighted by molar-refractivity contribution is -0.116. The number of ketones is 1. The molecule has 0 aliphatic heterocycles. The number of carbonyl (C=O) groups excluding carboxylic acids is 2. The Morgan fingerprint density at radius 1 is 1.08 bits per heavy atom. The second-order valence-corrected chi connectivity index (χ2v) is 5.93. The first-order valence-electron chi connectivity index (χ1n) is 7.81. The van der Waals surface area contributed by atoms with Gasteiger partial charge < -0.3 is 9.88 Å². The first-order chi connectivity index (χ1) is 12.3. The summed E-state index contributed by atoms with van der Waals surface area (Å²) in [5.74, 6) is -0.426. The minimum Gasteiger partial charge on any atom is -0.325 e. The van der Waals surface area contributed by atoms with Crippen LogP contribution in [0.5, 0.6) is 0 Å². The maximum atomic E-state index is 12.3. The highest BCUT2D eigenvalue weighted by molar-refractivity contribution is 5.95. The second kappa shape index (κ2) is 6.43. The quantitative estimate of drug-likeness (QED) is 0.676. The number of hydrogen-bond donors (Lipinski definition) is 1. The van der Waals surface area contributed by atoms with Crippen LogP contribution >= 0.6 is 0 Å². The molecule has 0 saturated carbocycles. The summed E-state index contributed by atoms with van der Waals surface area (Å²) < 4.78 is 3.63. The van der Waals surface area contributed by atoms with Crippen LogP contribution in [0.25, 0.3) is 11.2 Å². The molecule has 2 heterocycles. The highest BCUT2D eigenvalue weighted by atomic mass is 16.2. The van der Waals surface area contributed by atoms with Crippen molar-refractivity contribution in [1.82, 2.24) is 18.7 Å². The number of nitrogens with one attached hydrogen (secondary N) is 1. The van der Waals surface area contributed by atoms with E-state index in [-0.39, 0.29) is 29.4 Å². The van der Waals surface area contributed by atoms with Crippen molar-refractivity contribution in [3.63, 3.8) is 0 Å². The molecule has 2 aromatic heterocycles. The number of hydrogen-bond acceptors (Lipinski definition) is 5. The molecular formula is C17H17N5O4. The molecule has 0 atom stereocenters. The predicted octanol–water partition coefficient (Wildman–Crippen LogP) is 0.275. The van der Waals surface area contributed by atoms with Gasteiger partial charge in [-0.25, -0.2) is 9.78 Å². The third-order valence-electron chi connectivity index (χ3n) is 4.11. The smallest absolute Gasteiger partial charge is 0.325 e. The van der Waals surface area contributed by atoms with Crippen molar-refractivity contribution in [1.29, 1.82) is 0 Å². The molecule has 1 aromatic carbocycles. The zero-order valence-corrected chi connectivity index (χ0v) is 14.5. The largest absolute Gasteiger partial charge is 0.332 e. The lowest BCUT2D eigenvalue weighted by Gasteiger charge is -2.08. The minimum absolute atomic E-state index is 0.0609. The number of anilines is 1. The Kier molecular flexibility index (Phi) is 4.29. The molecule has 0 unspecified atom stereocenters. The number of nitrogens with zero attached hydrogens (tertiary/aromatic N) is 4.